The molecule has 0 unspecified atom stereocenters. The fraction of sp³-hybridized carbons (Fsp3) is 0. The molecule has 2 nitrogen and oxygen atoms in total. The maximum absolute atomic E-state index is 2.43. The summed E-state index contributed by atoms with van der Waals surface area (Å²) >= 11 is 2.20. The molecule has 0 spiro atoms. The van der Waals surface area contributed by atoms with Crippen molar-refractivity contribution in [3.8, 4) is 16.8 Å². The Morgan fingerprint density at radius 3 is 1.88 bits per heavy atom. The van der Waals surface area contributed by atoms with Crippen LogP contribution in [0.2, 0.25) is 0 Å². The van der Waals surface area contributed by atoms with Crippen molar-refractivity contribution in [2.45, 2.75) is 0 Å². The van der Waals surface area contributed by atoms with E-state index >= 15 is 0 Å². The van der Waals surface area contributed by atoms with E-state index in [4.69, 9.17) is 0 Å². The van der Waals surface area contributed by atoms with E-state index in [1.165, 1.54) is 83.8 Å². The SMILES string of the molecule is c1ccc(-n2c3ccccc3c3ccc(-c4ccc(N(c5ccc6c(c5)sc5ccccc56)c5ccc6[se]c7ccccc7c6c5)cc4)cc32)cc1. The van der Waals surface area contributed by atoms with Crippen molar-refractivity contribution in [1.29, 1.82) is 0 Å². The summed E-state index contributed by atoms with van der Waals surface area (Å²) in [6.45, 7) is 0. The minimum absolute atomic E-state index is 0.334. The molecule has 11 aromatic rings. The fourth-order valence-electron chi connectivity index (χ4n) is 7.96. The van der Waals surface area contributed by atoms with Crippen LogP contribution in [-0.4, -0.2) is 19.1 Å². The molecule has 0 saturated heterocycles. The Bertz CT molecular complexity index is 3130. The Kier molecular flexibility index (Phi) is 6.78. The molecule has 244 valence electrons. The van der Waals surface area contributed by atoms with Gasteiger partial charge in [0.25, 0.3) is 0 Å². The minimum atomic E-state index is 0.334. The van der Waals surface area contributed by atoms with Crippen LogP contribution in [0.3, 0.4) is 0 Å². The number of benzene rings is 8. The predicted octanol–water partition coefficient (Wildman–Crippen LogP) is 13.7. The molecule has 0 aliphatic carbocycles. The quantitative estimate of drug-likeness (QED) is 0.159. The fourth-order valence-corrected chi connectivity index (χ4v) is 11.4. The van der Waals surface area contributed by atoms with Gasteiger partial charge >= 0.3 is 231 Å². The van der Waals surface area contributed by atoms with Crippen LogP contribution in [0.5, 0.6) is 0 Å². The smallest absolute Gasteiger partial charge is 0.0602 e. The summed E-state index contributed by atoms with van der Waals surface area (Å²) < 4.78 is 7.94. The van der Waals surface area contributed by atoms with Crippen molar-refractivity contribution in [2.75, 3.05) is 4.90 Å². The second-order valence-corrected chi connectivity index (χ2v) is 16.7. The number of aromatic nitrogens is 1. The summed E-state index contributed by atoms with van der Waals surface area (Å²) in [4.78, 5) is 2.43. The second-order valence-electron chi connectivity index (χ2n) is 13.4. The first-order chi connectivity index (χ1) is 25.8. The molecular formula is C48H30N2SSe. The number of hydrogen-bond acceptors (Lipinski definition) is 2. The zero-order valence-corrected chi connectivity index (χ0v) is 30.6. The molecule has 4 heteroatoms. The number of para-hydroxylation sites is 2. The zero-order chi connectivity index (χ0) is 34.2. The Balaban J connectivity index is 1.06. The third-order valence-corrected chi connectivity index (χ3v) is 13.9. The monoisotopic (exact) mass is 746 g/mol. The molecule has 0 amide bonds. The molecule has 0 aliphatic heterocycles. The van der Waals surface area contributed by atoms with Crippen molar-refractivity contribution in [1.82, 2.24) is 4.57 Å². The topological polar surface area (TPSA) is 8.17 Å². The molecule has 0 atom stereocenters. The van der Waals surface area contributed by atoms with Crippen LogP contribution in [0, 0.1) is 0 Å². The van der Waals surface area contributed by atoms with E-state index in [-0.39, 0.29) is 0 Å². The van der Waals surface area contributed by atoms with Crippen LogP contribution in [0.1, 0.15) is 0 Å². The number of thiophene rings is 1. The first kappa shape index (κ1) is 29.8. The Morgan fingerprint density at radius 2 is 1.00 bits per heavy atom. The Hall–Kier alpha value is -5.90. The first-order valence-corrected chi connectivity index (χ1v) is 20.1. The Labute approximate surface area is 310 Å². The molecule has 8 aromatic carbocycles. The van der Waals surface area contributed by atoms with Crippen molar-refractivity contribution < 1.29 is 0 Å². The predicted molar refractivity (Wildman–Crippen MR) is 226 cm³/mol. The van der Waals surface area contributed by atoms with Crippen LogP contribution >= 0.6 is 11.3 Å². The van der Waals surface area contributed by atoms with Gasteiger partial charge in [0.1, 0.15) is 0 Å². The third kappa shape index (κ3) is 4.69. The average molecular weight is 746 g/mol. The minimum Gasteiger partial charge on any atom is -0.0602 e. The number of rotatable bonds is 5. The van der Waals surface area contributed by atoms with E-state index in [2.05, 4.69) is 191 Å². The molecule has 0 saturated carbocycles. The van der Waals surface area contributed by atoms with Gasteiger partial charge in [0, 0.05) is 16.5 Å². The van der Waals surface area contributed by atoms with E-state index < -0.39 is 0 Å². The zero-order valence-electron chi connectivity index (χ0n) is 28.0. The number of fused-ring (bicyclic) bond motifs is 9. The average Bonchev–Trinajstić information content (AvgIpc) is 3.87. The van der Waals surface area contributed by atoms with Crippen LogP contribution in [-0.2, 0) is 0 Å². The normalized spacial score (nSPS) is 11.8. The van der Waals surface area contributed by atoms with Crippen molar-refractivity contribution in [3.63, 3.8) is 0 Å². The van der Waals surface area contributed by atoms with Crippen LogP contribution in [0.25, 0.3) is 78.1 Å². The van der Waals surface area contributed by atoms with Gasteiger partial charge in [0.05, 0.1) is 5.52 Å². The first-order valence-electron chi connectivity index (χ1n) is 17.6. The number of anilines is 3. The molecule has 0 aliphatic rings. The van der Waals surface area contributed by atoms with Gasteiger partial charge < -0.3 is 4.57 Å². The van der Waals surface area contributed by atoms with E-state index in [0.717, 1.165) is 11.4 Å². The van der Waals surface area contributed by atoms with Crippen molar-refractivity contribution in [2.24, 2.45) is 0 Å². The third-order valence-electron chi connectivity index (χ3n) is 10.4. The van der Waals surface area contributed by atoms with E-state index in [0.29, 0.717) is 14.5 Å². The van der Waals surface area contributed by atoms with Gasteiger partial charge in [-0.05, 0) is 18.2 Å². The Morgan fingerprint density at radius 1 is 0.385 bits per heavy atom. The molecule has 0 radical (unpaired) electrons. The summed E-state index contributed by atoms with van der Waals surface area (Å²) in [7, 11) is 0. The van der Waals surface area contributed by atoms with Crippen molar-refractivity contribution >= 4 is 104 Å². The molecule has 0 fully saturated rings. The summed E-state index contributed by atoms with van der Waals surface area (Å²) in [5.74, 6) is 0. The van der Waals surface area contributed by atoms with Crippen molar-refractivity contribution in [3.05, 3.63) is 182 Å². The van der Waals surface area contributed by atoms with Gasteiger partial charge in [-0.1, -0.05) is 36.4 Å². The summed E-state index contributed by atoms with van der Waals surface area (Å²) in [6, 6.07) is 67.1. The molecule has 52 heavy (non-hydrogen) atoms. The number of nitrogens with zero attached hydrogens (tertiary/aromatic N) is 2. The second kappa shape index (κ2) is 11.8. The molecule has 11 rings (SSSR count). The summed E-state index contributed by atoms with van der Waals surface area (Å²) in [5.41, 5.74) is 9.49. The van der Waals surface area contributed by atoms with Gasteiger partial charge in [-0.2, -0.15) is 0 Å². The maximum atomic E-state index is 2.43. The van der Waals surface area contributed by atoms with Crippen LogP contribution in [0.4, 0.5) is 17.1 Å². The van der Waals surface area contributed by atoms with Crippen LogP contribution < -0.4 is 4.90 Å². The van der Waals surface area contributed by atoms with E-state index in [1.54, 1.807) is 0 Å². The standard InChI is InChI=1S/C48H30N2SSe/c1-2-10-33(11-3-1)50-43-15-7-4-12-37(43)38-25-20-32(28-44(38)50)31-18-21-34(22-19-31)49(35-24-27-48-42(29-35)41-14-6-9-17-47(41)52-48)36-23-26-40-39-13-5-8-16-45(39)51-46(40)30-36/h1-30H. The van der Waals surface area contributed by atoms with Crippen LogP contribution in [0.15, 0.2) is 182 Å². The molecule has 0 bridgehead atoms. The molecule has 0 N–H and O–H groups in total. The van der Waals surface area contributed by atoms with Gasteiger partial charge in [-0.25, -0.2) is 0 Å². The number of hydrogen-bond donors (Lipinski definition) is 0. The van der Waals surface area contributed by atoms with Gasteiger partial charge in [0.15, 0.2) is 0 Å². The molecule has 3 heterocycles. The van der Waals surface area contributed by atoms with Gasteiger partial charge in [-0.15, -0.1) is 0 Å². The summed E-state index contributed by atoms with van der Waals surface area (Å²) in [6.07, 6.45) is 0. The van der Waals surface area contributed by atoms with E-state index in [9.17, 15) is 0 Å². The summed E-state index contributed by atoms with van der Waals surface area (Å²) in [5, 5.41) is 7.91. The molecular weight excluding hydrogens is 716 g/mol. The van der Waals surface area contributed by atoms with Gasteiger partial charge in [-0.3, -0.25) is 0 Å². The molecule has 3 aromatic heterocycles. The van der Waals surface area contributed by atoms with Gasteiger partial charge in [0.2, 0.25) is 0 Å². The van der Waals surface area contributed by atoms with E-state index in [1.807, 2.05) is 11.3 Å².